The number of alkyl halides is 2. The number of benzene rings is 2. The number of carboxylic acids is 1. The number of nitrogens with one attached hydrogen (secondary N) is 1. The topological polar surface area (TPSA) is 110 Å². The second-order valence-corrected chi connectivity index (χ2v) is 11.2. The summed E-state index contributed by atoms with van der Waals surface area (Å²) in [5.41, 5.74) is -2.02. The molecule has 2 amide bonds. The van der Waals surface area contributed by atoms with Gasteiger partial charge < -0.3 is 20.4 Å². The van der Waals surface area contributed by atoms with Crippen LogP contribution in [-0.2, 0) is 19.9 Å². The lowest BCUT2D eigenvalue weighted by atomic mass is 9.73. The number of anilines is 2. The van der Waals surface area contributed by atoms with Crippen LogP contribution in [-0.4, -0.2) is 64.6 Å². The van der Waals surface area contributed by atoms with Crippen molar-refractivity contribution in [2.75, 3.05) is 29.9 Å². The van der Waals surface area contributed by atoms with Gasteiger partial charge in [0.25, 0.3) is 11.8 Å². The van der Waals surface area contributed by atoms with Gasteiger partial charge >= 0.3 is 5.97 Å². The molecule has 3 aliphatic heterocycles. The SMILES string of the molecule is O=C(O)[C@H]1[C@@H](C(=O)N(CCO)c2cc(Cl)cc(Cl)c2)[C@H]2CC(F)(F)CN2[C@]12C(=O)Nc1c(Cl)cc(Cl)cc12. The van der Waals surface area contributed by atoms with Crippen LogP contribution in [0.15, 0.2) is 30.3 Å². The predicted molar refractivity (Wildman–Crippen MR) is 137 cm³/mol. The summed E-state index contributed by atoms with van der Waals surface area (Å²) >= 11 is 24.7. The zero-order valence-electron chi connectivity index (χ0n) is 19.2. The lowest BCUT2D eigenvalue weighted by Gasteiger charge is -2.36. The van der Waals surface area contributed by atoms with Gasteiger partial charge in [0.05, 0.1) is 29.8 Å². The van der Waals surface area contributed by atoms with Gasteiger partial charge in [0.15, 0.2) is 0 Å². The Morgan fingerprint density at radius 1 is 1.08 bits per heavy atom. The summed E-state index contributed by atoms with van der Waals surface area (Å²) in [6.07, 6.45) is -0.866. The minimum Gasteiger partial charge on any atom is -0.481 e. The van der Waals surface area contributed by atoms with E-state index in [0.717, 1.165) is 9.80 Å². The molecule has 4 atom stereocenters. The first kappa shape index (κ1) is 27.4. The van der Waals surface area contributed by atoms with Gasteiger partial charge in [0.2, 0.25) is 5.91 Å². The van der Waals surface area contributed by atoms with Gasteiger partial charge in [0.1, 0.15) is 11.5 Å². The average molecular weight is 609 g/mol. The predicted octanol–water partition coefficient (Wildman–Crippen LogP) is 4.51. The zero-order valence-corrected chi connectivity index (χ0v) is 22.3. The third-order valence-electron chi connectivity index (χ3n) is 7.34. The maximum Gasteiger partial charge on any atom is 0.310 e. The van der Waals surface area contributed by atoms with Crippen LogP contribution in [0.5, 0.6) is 0 Å². The van der Waals surface area contributed by atoms with Crippen LogP contribution < -0.4 is 10.2 Å². The normalized spacial score (nSPS) is 27.3. The molecule has 2 aromatic rings. The highest BCUT2D eigenvalue weighted by Gasteiger charge is 2.74. The van der Waals surface area contributed by atoms with Gasteiger partial charge in [-0.05, 0) is 30.3 Å². The fourth-order valence-electron chi connectivity index (χ4n) is 6.12. The van der Waals surface area contributed by atoms with E-state index in [0.29, 0.717) is 0 Å². The molecule has 8 nitrogen and oxygen atoms in total. The van der Waals surface area contributed by atoms with Gasteiger partial charge in [-0.2, -0.15) is 0 Å². The number of carboxylic acid groups (broad SMARTS) is 1. The molecule has 0 radical (unpaired) electrons. The van der Waals surface area contributed by atoms with Crippen molar-refractivity contribution in [2.45, 2.75) is 23.9 Å². The lowest BCUT2D eigenvalue weighted by Crippen LogP contribution is -2.54. The van der Waals surface area contributed by atoms with Gasteiger partial charge in [0, 0.05) is 45.3 Å². The van der Waals surface area contributed by atoms with Gasteiger partial charge in [-0.3, -0.25) is 19.3 Å². The van der Waals surface area contributed by atoms with E-state index in [-0.39, 0.29) is 43.6 Å². The standard InChI is InChI=1S/C24H19Cl4F2N3O5/c25-10-3-11(26)5-13(4-10)32(1-2-34)20(35)17-16-8-23(29,30)9-33(16)24(18(17)21(36)37)14-6-12(27)7-15(28)19(14)31-22(24)38/h3-7,16-18,34H,1-2,8-9H2,(H,31,38)(H,36,37)/t16-,17+,18-,24+/m1/s1. The molecule has 2 fully saturated rings. The molecule has 202 valence electrons. The second-order valence-electron chi connectivity index (χ2n) is 9.47. The molecule has 38 heavy (non-hydrogen) atoms. The summed E-state index contributed by atoms with van der Waals surface area (Å²) < 4.78 is 29.9. The van der Waals surface area contributed by atoms with Crippen molar-refractivity contribution in [3.05, 3.63) is 56.0 Å². The van der Waals surface area contributed by atoms with E-state index in [1.807, 2.05) is 0 Å². The molecule has 0 bridgehead atoms. The van der Waals surface area contributed by atoms with Crippen molar-refractivity contribution in [2.24, 2.45) is 11.8 Å². The van der Waals surface area contributed by atoms with Crippen molar-refractivity contribution >= 4 is 75.6 Å². The molecule has 2 saturated heterocycles. The maximum absolute atomic E-state index is 14.9. The number of halogens is 6. The number of fused-ring (bicyclic) bond motifs is 4. The molecule has 0 unspecified atom stereocenters. The van der Waals surface area contributed by atoms with Gasteiger partial charge in [-0.1, -0.05) is 46.4 Å². The highest BCUT2D eigenvalue weighted by Crippen LogP contribution is 2.61. The number of aliphatic hydroxyl groups is 1. The Morgan fingerprint density at radius 3 is 2.32 bits per heavy atom. The number of carbonyl (C=O) groups excluding carboxylic acids is 2. The molecule has 5 rings (SSSR count). The van der Waals surface area contributed by atoms with Crippen molar-refractivity contribution in [1.82, 2.24) is 4.90 Å². The highest BCUT2D eigenvalue weighted by molar-refractivity contribution is 6.38. The van der Waals surface area contributed by atoms with E-state index in [9.17, 15) is 33.4 Å². The number of nitrogens with zero attached hydrogens (tertiary/aromatic N) is 2. The van der Waals surface area contributed by atoms with E-state index < -0.39 is 66.7 Å². The maximum atomic E-state index is 14.9. The van der Waals surface area contributed by atoms with Gasteiger partial charge in [-0.25, -0.2) is 8.78 Å². The monoisotopic (exact) mass is 607 g/mol. The summed E-state index contributed by atoms with van der Waals surface area (Å²) in [4.78, 5) is 42.8. The van der Waals surface area contributed by atoms with E-state index in [4.69, 9.17) is 46.4 Å². The molecule has 1 spiro atoms. The van der Waals surface area contributed by atoms with Crippen LogP contribution in [0.3, 0.4) is 0 Å². The first-order chi connectivity index (χ1) is 17.8. The third kappa shape index (κ3) is 4.04. The summed E-state index contributed by atoms with van der Waals surface area (Å²) in [5.74, 6) is -10.1. The Kier molecular flexibility index (Phi) is 6.81. The Hall–Kier alpha value is -2.21. The third-order valence-corrected chi connectivity index (χ3v) is 8.29. The Labute approximate surface area is 235 Å². The van der Waals surface area contributed by atoms with E-state index in [2.05, 4.69) is 5.32 Å². The zero-order chi connectivity index (χ0) is 27.7. The molecule has 0 aliphatic carbocycles. The molecule has 0 saturated carbocycles. The largest absolute Gasteiger partial charge is 0.481 e. The minimum atomic E-state index is -3.33. The minimum absolute atomic E-state index is 0.00454. The fraction of sp³-hybridized carbons (Fsp3) is 0.375. The van der Waals surface area contributed by atoms with Gasteiger partial charge in [-0.15, -0.1) is 0 Å². The van der Waals surface area contributed by atoms with Crippen LogP contribution in [0.25, 0.3) is 0 Å². The van der Waals surface area contributed by atoms with Crippen LogP contribution in [0, 0.1) is 11.8 Å². The molecular formula is C24H19Cl4F2N3O5. The number of hydrogen-bond acceptors (Lipinski definition) is 5. The molecule has 2 aromatic carbocycles. The summed E-state index contributed by atoms with van der Waals surface area (Å²) in [6.45, 7) is -1.81. The Morgan fingerprint density at radius 2 is 1.71 bits per heavy atom. The molecule has 3 N–H and O–H groups in total. The number of carbonyl (C=O) groups is 3. The smallest absolute Gasteiger partial charge is 0.310 e. The Bertz CT molecular complexity index is 1360. The number of amides is 2. The summed E-state index contributed by atoms with van der Waals surface area (Å²) in [7, 11) is 0. The van der Waals surface area contributed by atoms with Crippen molar-refractivity contribution in [3.63, 3.8) is 0 Å². The number of aliphatic hydroxyl groups excluding tert-OH is 1. The number of aliphatic carboxylic acids is 1. The van der Waals surface area contributed by atoms with E-state index >= 15 is 0 Å². The van der Waals surface area contributed by atoms with E-state index in [1.165, 1.54) is 30.3 Å². The molecule has 14 heteroatoms. The molecule has 0 aromatic heterocycles. The first-order valence-electron chi connectivity index (χ1n) is 11.4. The van der Waals surface area contributed by atoms with E-state index in [1.54, 1.807) is 0 Å². The fourth-order valence-corrected chi connectivity index (χ4v) is 7.18. The Balaban J connectivity index is 1.73. The van der Waals surface area contributed by atoms with Crippen molar-refractivity contribution in [3.8, 4) is 0 Å². The lowest BCUT2D eigenvalue weighted by molar-refractivity contribution is -0.153. The van der Waals surface area contributed by atoms with Crippen LogP contribution in [0.2, 0.25) is 20.1 Å². The quantitative estimate of drug-likeness (QED) is 0.461. The van der Waals surface area contributed by atoms with Crippen LogP contribution in [0.1, 0.15) is 12.0 Å². The summed E-state index contributed by atoms with van der Waals surface area (Å²) in [6, 6.07) is 5.45. The first-order valence-corrected chi connectivity index (χ1v) is 12.9. The number of rotatable bonds is 5. The summed E-state index contributed by atoms with van der Waals surface area (Å²) in [5, 5.41) is 23.1. The van der Waals surface area contributed by atoms with Crippen molar-refractivity contribution < 1.29 is 33.4 Å². The molecule has 3 heterocycles. The average Bonchev–Trinajstić information content (AvgIpc) is 3.37. The highest BCUT2D eigenvalue weighted by atomic mass is 35.5. The van der Waals surface area contributed by atoms with Crippen molar-refractivity contribution in [1.29, 1.82) is 0 Å². The number of hydrogen-bond donors (Lipinski definition) is 3. The molecule has 3 aliphatic rings. The van der Waals surface area contributed by atoms with Crippen LogP contribution in [0.4, 0.5) is 20.2 Å². The van der Waals surface area contributed by atoms with Crippen LogP contribution >= 0.6 is 46.4 Å². The molecular weight excluding hydrogens is 590 g/mol. The second kappa shape index (κ2) is 9.46.